The quantitative estimate of drug-likeness (QED) is 0.658. The predicted molar refractivity (Wildman–Crippen MR) is 46.7 cm³/mol. The molecule has 2 rings (SSSR count). The van der Waals surface area contributed by atoms with Gasteiger partial charge in [0.05, 0.1) is 6.33 Å². The maximum Gasteiger partial charge on any atom is 0.108 e. The van der Waals surface area contributed by atoms with Crippen LogP contribution in [0.1, 0.15) is 12.8 Å². The van der Waals surface area contributed by atoms with E-state index in [0.29, 0.717) is 0 Å². The molecule has 1 aliphatic heterocycles. The van der Waals surface area contributed by atoms with Gasteiger partial charge < -0.3 is 9.47 Å². The summed E-state index contributed by atoms with van der Waals surface area (Å²) in [5.41, 5.74) is 0. The third-order valence-electron chi connectivity index (χ3n) is 2.38. The van der Waals surface area contributed by atoms with Crippen LogP contribution in [0.4, 0.5) is 0 Å². The molecule has 0 amide bonds. The van der Waals surface area contributed by atoms with E-state index in [1.165, 1.54) is 25.9 Å². The van der Waals surface area contributed by atoms with Gasteiger partial charge in [0, 0.05) is 19.3 Å². The number of hydrogen-bond acceptors (Lipinski definition) is 2. The highest BCUT2D eigenvalue weighted by Gasteiger charge is 2.10. The summed E-state index contributed by atoms with van der Waals surface area (Å²) in [5, 5.41) is 0. The normalized spacial score (nSPS) is 18.7. The number of imidazole rings is 1. The van der Waals surface area contributed by atoms with E-state index in [0.717, 1.165) is 13.1 Å². The lowest BCUT2D eigenvalue weighted by molar-refractivity contribution is 0.322. The fourth-order valence-electron chi connectivity index (χ4n) is 1.63. The van der Waals surface area contributed by atoms with Crippen molar-refractivity contribution in [1.29, 1.82) is 0 Å². The molecular formula is C9H14N3. The predicted octanol–water partition coefficient (Wildman–Crippen LogP) is 0.779. The van der Waals surface area contributed by atoms with Gasteiger partial charge in [-0.1, -0.05) is 0 Å². The van der Waals surface area contributed by atoms with Crippen LogP contribution in [-0.4, -0.2) is 34.1 Å². The van der Waals surface area contributed by atoms with E-state index in [9.17, 15) is 0 Å². The molecule has 65 valence electrons. The molecule has 3 nitrogen and oxygen atoms in total. The van der Waals surface area contributed by atoms with Gasteiger partial charge in [-0.2, -0.15) is 0 Å². The van der Waals surface area contributed by atoms with Crippen LogP contribution < -0.4 is 0 Å². The SMILES string of the molecule is [c]1cn(CCN2CCCC2)cn1. The average Bonchev–Trinajstić information content (AvgIpc) is 2.74. The molecular weight excluding hydrogens is 150 g/mol. The number of hydrogen-bond donors (Lipinski definition) is 0. The second-order valence-corrected chi connectivity index (χ2v) is 3.29. The van der Waals surface area contributed by atoms with Crippen LogP contribution in [0.15, 0.2) is 12.5 Å². The van der Waals surface area contributed by atoms with Gasteiger partial charge in [-0.3, -0.25) is 0 Å². The minimum Gasteiger partial charge on any atom is -0.335 e. The Morgan fingerprint density at radius 3 is 2.75 bits per heavy atom. The number of nitrogens with zero attached hydrogens (tertiary/aromatic N) is 3. The summed E-state index contributed by atoms with van der Waals surface area (Å²) >= 11 is 0. The second-order valence-electron chi connectivity index (χ2n) is 3.29. The van der Waals surface area contributed by atoms with Crippen molar-refractivity contribution >= 4 is 0 Å². The molecule has 1 saturated heterocycles. The molecule has 0 aliphatic carbocycles. The highest BCUT2D eigenvalue weighted by molar-refractivity contribution is 4.73. The van der Waals surface area contributed by atoms with E-state index >= 15 is 0 Å². The Hall–Kier alpha value is -0.830. The summed E-state index contributed by atoms with van der Waals surface area (Å²) in [5.74, 6) is 0. The Kier molecular flexibility index (Phi) is 2.42. The lowest BCUT2D eigenvalue weighted by Crippen LogP contribution is -2.23. The first-order chi connectivity index (χ1) is 5.95. The van der Waals surface area contributed by atoms with Crippen molar-refractivity contribution in [1.82, 2.24) is 14.5 Å². The van der Waals surface area contributed by atoms with E-state index < -0.39 is 0 Å². The lowest BCUT2D eigenvalue weighted by Gasteiger charge is -2.13. The van der Waals surface area contributed by atoms with E-state index in [2.05, 4.69) is 20.6 Å². The van der Waals surface area contributed by atoms with Crippen LogP contribution in [-0.2, 0) is 6.54 Å². The standard InChI is InChI=1S/C9H14N3/c1-2-5-11(4-1)7-8-12-6-3-10-9-12/h6,9H,1-2,4-5,7-8H2. The largest absolute Gasteiger partial charge is 0.335 e. The third-order valence-corrected chi connectivity index (χ3v) is 2.38. The zero-order chi connectivity index (χ0) is 8.23. The van der Waals surface area contributed by atoms with Crippen molar-refractivity contribution in [3.05, 3.63) is 18.7 Å². The summed E-state index contributed by atoms with van der Waals surface area (Å²) in [7, 11) is 0. The summed E-state index contributed by atoms with van der Waals surface area (Å²) in [4.78, 5) is 6.39. The first-order valence-electron chi connectivity index (χ1n) is 4.55. The fourth-order valence-corrected chi connectivity index (χ4v) is 1.63. The first-order valence-corrected chi connectivity index (χ1v) is 4.55. The molecule has 0 spiro atoms. The molecule has 0 atom stereocenters. The Morgan fingerprint density at radius 1 is 1.25 bits per heavy atom. The second kappa shape index (κ2) is 3.72. The Morgan fingerprint density at radius 2 is 2.08 bits per heavy atom. The molecule has 0 saturated carbocycles. The van der Waals surface area contributed by atoms with Gasteiger partial charge in [0.15, 0.2) is 0 Å². The summed E-state index contributed by atoms with van der Waals surface area (Å²) in [6, 6.07) is 0. The number of aromatic nitrogens is 2. The molecule has 0 N–H and O–H groups in total. The molecule has 1 aromatic heterocycles. The van der Waals surface area contributed by atoms with E-state index in [4.69, 9.17) is 0 Å². The van der Waals surface area contributed by atoms with Crippen molar-refractivity contribution in [3.63, 3.8) is 0 Å². The number of rotatable bonds is 3. The lowest BCUT2D eigenvalue weighted by atomic mass is 10.4. The molecule has 1 aromatic rings. The van der Waals surface area contributed by atoms with E-state index in [1.54, 1.807) is 0 Å². The zero-order valence-electron chi connectivity index (χ0n) is 7.24. The van der Waals surface area contributed by atoms with Crippen molar-refractivity contribution in [2.24, 2.45) is 0 Å². The molecule has 1 radical (unpaired) electrons. The molecule has 2 heterocycles. The van der Waals surface area contributed by atoms with Gasteiger partial charge in [-0.05, 0) is 25.9 Å². The zero-order valence-corrected chi connectivity index (χ0v) is 7.24. The Labute approximate surface area is 73.0 Å². The smallest absolute Gasteiger partial charge is 0.108 e. The molecule has 0 bridgehead atoms. The van der Waals surface area contributed by atoms with Crippen LogP contribution in [0.2, 0.25) is 0 Å². The van der Waals surface area contributed by atoms with Crippen LogP contribution in [0.3, 0.4) is 0 Å². The van der Waals surface area contributed by atoms with E-state index in [-0.39, 0.29) is 0 Å². The van der Waals surface area contributed by atoms with Crippen LogP contribution >= 0.6 is 0 Å². The third kappa shape index (κ3) is 1.85. The maximum atomic E-state index is 3.89. The molecule has 0 unspecified atom stereocenters. The topological polar surface area (TPSA) is 21.1 Å². The average molecular weight is 164 g/mol. The Balaban J connectivity index is 1.74. The van der Waals surface area contributed by atoms with Crippen molar-refractivity contribution in [2.45, 2.75) is 19.4 Å². The van der Waals surface area contributed by atoms with Crippen LogP contribution in [0.25, 0.3) is 0 Å². The van der Waals surface area contributed by atoms with Gasteiger partial charge in [0.2, 0.25) is 0 Å². The summed E-state index contributed by atoms with van der Waals surface area (Å²) < 4.78 is 2.08. The Bertz CT molecular complexity index is 212. The van der Waals surface area contributed by atoms with Crippen molar-refractivity contribution in [3.8, 4) is 0 Å². The van der Waals surface area contributed by atoms with Gasteiger partial charge in [0.1, 0.15) is 6.20 Å². The highest BCUT2D eigenvalue weighted by atomic mass is 15.2. The molecule has 1 fully saturated rings. The molecule has 1 aliphatic rings. The monoisotopic (exact) mass is 164 g/mol. The van der Waals surface area contributed by atoms with Gasteiger partial charge >= 0.3 is 0 Å². The van der Waals surface area contributed by atoms with Crippen LogP contribution in [0, 0.1) is 6.20 Å². The van der Waals surface area contributed by atoms with Crippen molar-refractivity contribution < 1.29 is 0 Å². The minimum absolute atomic E-state index is 1.05. The fraction of sp³-hybridized carbons (Fsp3) is 0.667. The van der Waals surface area contributed by atoms with Gasteiger partial charge in [-0.15, -0.1) is 0 Å². The van der Waals surface area contributed by atoms with Crippen LogP contribution in [0.5, 0.6) is 0 Å². The molecule has 0 aromatic carbocycles. The highest BCUT2D eigenvalue weighted by Crippen LogP contribution is 2.06. The van der Waals surface area contributed by atoms with Gasteiger partial charge in [0.25, 0.3) is 0 Å². The summed E-state index contributed by atoms with van der Waals surface area (Å²) in [6.45, 7) is 4.76. The van der Waals surface area contributed by atoms with Crippen molar-refractivity contribution in [2.75, 3.05) is 19.6 Å². The van der Waals surface area contributed by atoms with E-state index in [1.807, 2.05) is 12.5 Å². The minimum atomic E-state index is 1.05. The summed E-state index contributed by atoms with van der Waals surface area (Å²) in [6.07, 6.45) is 9.27. The van der Waals surface area contributed by atoms with Gasteiger partial charge in [-0.25, -0.2) is 4.98 Å². The molecule has 3 heteroatoms. The first kappa shape index (κ1) is 7.80. The molecule has 12 heavy (non-hydrogen) atoms. The number of likely N-dealkylation sites (tertiary alicyclic amines) is 1. The maximum absolute atomic E-state index is 3.89.